The topological polar surface area (TPSA) is 88.9 Å². The minimum absolute atomic E-state index is 0.181. The van der Waals surface area contributed by atoms with Gasteiger partial charge in [-0.1, -0.05) is 0 Å². The molecule has 7 nitrogen and oxygen atoms in total. The fraction of sp³-hybridized carbons (Fsp3) is 0.316. The van der Waals surface area contributed by atoms with Gasteiger partial charge in [0.2, 0.25) is 5.91 Å². The molecule has 0 fully saturated rings. The van der Waals surface area contributed by atoms with Gasteiger partial charge < -0.3 is 19.4 Å². The summed E-state index contributed by atoms with van der Waals surface area (Å²) in [6.07, 6.45) is 4.30. The predicted octanol–water partition coefficient (Wildman–Crippen LogP) is 3.57. The summed E-state index contributed by atoms with van der Waals surface area (Å²) >= 11 is 1.07. The van der Waals surface area contributed by atoms with Crippen LogP contribution in [0.4, 0.5) is 5.00 Å². The number of hydrogen-bond acceptors (Lipinski definition) is 6. The molecule has 0 aliphatic rings. The van der Waals surface area contributed by atoms with E-state index < -0.39 is 11.9 Å². The molecule has 1 N–H and O–H groups in total. The van der Waals surface area contributed by atoms with Crippen LogP contribution >= 0.6 is 11.3 Å². The van der Waals surface area contributed by atoms with Crippen LogP contribution in [0.25, 0.3) is 6.08 Å². The van der Waals surface area contributed by atoms with Crippen LogP contribution in [-0.2, 0) is 9.53 Å². The second kappa shape index (κ2) is 9.18. The van der Waals surface area contributed by atoms with E-state index in [2.05, 4.69) is 5.32 Å². The molecule has 2 heterocycles. The molecule has 0 atom stereocenters. The number of anilines is 1. The maximum atomic E-state index is 12.7. The summed E-state index contributed by atoms with van der Waals surface area (Å²) < 4.78 is 9.95. The number of furan rings is 1. The number of nitrogens with zero attached hydrogens (tertiary/aromatic N) is 1. The average molecular weight is 390 g/mol. The van der Waals surface area contributed by atoms with Crippen molar-refractivity contribution >= 4 is 40.2 Å². The third-order valence-electron chi connectivity index (χ3n) is 3.96. The Morgan fingerprint density at radius 2 is 2.00 bits per heavy atom. The van der Waals surface area contributed by atoms with Crippen molar-refractivity contribution in [2.45, 2.75) is 20.8 Å². The first-order chi connectivity index (χ1) is 12.9. The molecule has 2 rings (SSSR count). The molecule has 0 aromatic carbocycles. The second-order valence-corrected chi connectivity index (χ2v) is 6.59. The molecule has 0 aliphatic carbocycles. The number of thiophene rings is 1. The van der Waals surface area contributed by atoms with Gasteiger partial charge in [0.25, 0.3) is 5.91 Å². The van der Waals surface area contributed by atoms with Crippen LogP contribution in [0.3, 0.4) is 0 Å². The van der Waals surface area contributed by atoms with Crippen LogP contribution in [0.1, 0.15) is 45.2 Å². The van der Waals surface area contributed by atoms with Crippen molar-refractivity contribution in [3.63, 3.8) is 0 Å². The number of hydrogen-bond donors (Lipinski definition) is 1. The minimum atomic E-state index is -0.604. The van der Waals surface area contributed by atoms with Gasteiger partial charge in [0.1, 0.15) is 10.8 Å². The Hall–Kier alpha value is -2.87. The molecule has 2 aromatic heterocycles. The number of carbonyl (C=O) groups is 3. The number of rotatable bonds is 7. The molecular formula is C19H22N2O5S. The minimum Gasteiger partial charge on any atom is -0.465 e. The highest BCUT2D eigenvalue weighted by molar-refractivity contribution is 7.18. The van der Waals surface area contributed by atoms with E-state index in [0.29, 0.717) is 29.3 Å². The number of nitrogens with one attached hydrogen (secondary N) is 1. The number of ether oxygens (including phenoxy) is 1. The monoisotopic (exact) mass is 390 g/mol. The van der Waals surface area contributed by atoms with E-state index in [1.54, 1.807) is 24.0 Å². The van der Waals surface area contributed by atoms with E-state index >= 15 is 0 Å². The number of esters is 1. The molecule has 0 spiro atoms. The second-order valence-electron chi connectivity index (χ2n) is 5.57. The predicted molar refractivity (Wildman–Crippen MR) is 104 cm³/mol. The molecule has 0 saturated heterocycles. The fourth-order valence-electron chi connectivity index (χ4n) is 2.51. The number of amides is 2. The van der Waals surface area contributed by atoms with Gasteiger partial charge in [-0.05, 0) is 44.5 Å². The van der Waals surface area contributed by atoms with Crippen molar-refractivity contribution < 1.29 is 23.5 Å². The zero-order valence-electron chi connectivity index (χ0n) is 15.7. The van der Waals surface area contributed by atoms with E-state index in [0.717, 1.165) is 11.3 Å². The van der Waals surface area contributed by atoms with Crippen molar-refractivity contribution in [2.75, 3.05) is 25.5 Å². The van der Waals surface area contributed by atoms with E-state index in [1.165, 1.54) is 25.5 Å². The third-order valence-corrected chi connectivity index (χ3v) is 5.16. The smallest absolute Gasteiger partial charge is 0.341 e. The highest BCUT2D eigenvalue weighted by Gasteiger charge is 2.27. The average Bonchev–Trinajstić information content (AvgIpc) is 3.28. The maximum absolute atomic E-state index is 12.7. The molecule has 8 heteroatoms. The first-order valence-electron chi connectivity index (χ1n) is 8.46. The van der Waals surface area contributed by atoms with E-state index in [9.17, 15) is 14.4 Å². The van der Waals surface area contributed by atoms with E-state index in [1.807, 2.05) is 13.8 Å². The van der Waals surface area contributed by atoms with Gasteiger partial charge >= 0.3 is 5.97 Å². The summed E-state index contributed by atoms with van der Waals surface area (Å²) in [5.41, 5.74) is 0.687. The summed E-state index contributed by atoms with van der Waals surface area (Å²) in [4.78, 5) is 39.2. The zero-order valence-corrected chi connectivity index (χ0v) is 16.5. The first kappa shape index (κ1) is 20.4. The molecule has 2 amide bonds. The standard InChI is InChI=1S/C19H22N2O5S/c1-5-21(6-2)18(23)16-12(3)15(19(24)25-4)17(27-16)20-14(22)10-9-13-8-7-11-26-13/h7-11H,5-6H2,1-4H3,(H,20,22)/b10-9+. The van der Waals surface area contributed by atoms with Crippen molar-refractivity contribution in [1.82, 2.24) is 4.90 Å². The summed E-state index contributed by atoms with van der Waals surface area (Å²) in [5, 5.41) is 2.94. The van der Waals surface area contributed by atoms with Crippen molar-refractivity contribution in [1.29, 1.82) is 0 Å². The van der Waals surface area contributed by atoms with Crippen LogP contribution in [0.2, 0.25) is 0 Å². The Labute approximate surface area is 161 Å². The highest BCUT2D eigenvalue weighted by atomic mass is 32.1. The van der Waals surface area contributed by atoms with Crippen LogP contribution in [0.5, 0.6) is 0 Å². The molecular weight excluding hydrogens is 368 g/mol. The fourth-order valence-corrected chi connectivity index (χ4v) is 3.67. The molecule has 0 unspecified atom stereocenters. The Morgan fingerprint density at radius 1 is 1.30 bits per heavy atom. The molecule has 0 aliphatic heterocycles. The van der Waals surface area contributed by atoms with Gasteiger partial charge in [0.15, 0.2) is 0 Å². The van der Waals surface area contributed by atoms with E-state index in [4.69, 9.17) is 9.15 Å². The summed E-state index contributed by atoms with van der Waals surface area (Å²) in [7, 11) is 1.26. The highest BCUT2D eigenvalue weighted by Crippen LogP contribution is 2.34. The van der Waals surface area contributed by atoms with Gasteiger partial charge in [-0.2, -0.15) is 0 Å². The Morgan fingerprint density at radius 3 is 2.56 bits per heavy atom. The lowest BCUT2D eigenvalue weighted by molar-refractivity contribution is -0.111. The van der Waals surface area contributed by atoms with Gasteiger partial charge in [-0.3, -0.25) is 9.59 Å². The normalized spacial score (nSPS) is 10.8. The molecule has 27 heavy (non-hydrogen) atoms. The molecule has 0 bridgehead atoms. The van der Waals surface area contributed by atoms with Crippen LogP contribution in [0, 0.1) is 6.92 Å². The molecule has 0 radical (unpaired) electrons. The molecule has 0 saturated carbocycles. The van der Waals surface area contributed by atoms with Gasteiger partial charge in [0, 0.05) is 19.2 Å². The summed E-state index contributed by atoms with van der Waals surface area (Å²) in [5.74, 6) is -0.704. The van der Waals surface area contributed by atoms with Gasteiger partial charge in [-0.15, -0.1) is 11.3 Å². The largest absolute Gasteiger partial charge is 0.465 e. The quantitative estimate of drug-likeness (QED) is 0.577. The van der Waals surface area contributed by atoms with Gasteiger partial charge in [0.05, 0.1) is 23.8 Å². The van der Waals surface area contributed by atoms with Crippen LogP contribution in [0.15, 0.2) is 28.9 Å². The Kier molecular flexibility index (Phi) is 6.95. The summed E-state index contributed by atoms with van der Waals surface area (Å²) in [6.45, 7) is 6.54. The number of carbonyl (C=O) groups excluding carboxylic acids is 3. The Bertz CT molecular complexity index is 848. The van der Waals surface area contributed by atoms with Gasteiger partial charge in [-0.25, -0.2) is 4.79 Å². The van der Waals surface area contributed by atoms with Crippen LogP contribution in [-0.4, -0.2) is 42.9 Å². The third kappa shape index (κ3) is 4.65. The lowest BCUT2D eigenvalue weighted by atomic mass is 10.1. The van der Waals surface area contributed by atoms with Crippen molar-refractivity contribution in [2.24, 2.45) is 0 Å². The van der Waals surface area contributed by atoms with E-state index in [-0.39, 0.29) is 16.5 Å². The SMILES string of the molecule is CCN(CC)C(=O)c1sc(NC(=O)/C=C/c2ccco2)c(C(=O)OC)c1C. The lowest BCUT2D eigenvalue weighted by Crippen LogP contribution is -2.30. The Balaban J connectivity index is 2.33. The maximum Gasteiger partial charge on any atom is 0.341 e. The first-order valence-corrected chi connectivity index (χ1v) is 9.28. The van der Waals surface area contributed by atoms with Crippen LogP contribution < -0.4 is 5.32 Å². The zero-order chi connectivity index (χ0) is 20.0. The lowest BCUT2D eigenvalue weighted by Gasteiger charge is -2.17. The number of methoxy groups -OCH3 is 1. The van der Waals surface area contributed by atoms with Crippen molar-refractivity contribution in [3.05, 3.63) is 46.2 Å². The van der Waals surface area contributed by atoms with Crippen molar-refractivity contribution in [3.8, 4) is 0 Å². The molecule has 2 aromatic rings. The molecule has 144 valence electrons. The summed E-state index contributed by atoms with van der Waals surface area (Å²) in [6, 6.07) is 3.42.